The Labute approximate surface area is 104 Å². The molecule has 0 aromatic carbocycles. The molecule has 1 saturated carbocycles. The largest absolute Gasteiger partial charge is 0.330 e. The van der Waals surface area contributed by atoms with Gasteiger partial charge in [-0.25, -0.2) is 0 Å². The number of rotatable bonds is 6. The molecule has 0 amide bonds. The second-order valence-corrected chi connectivity index (χ2v) is 5.93. The summed E-state index contributed by atoms with van der Waals surface area (Å²) in [6.45, 7) is 7.38. The molecule has 0 aliphatic heterocycles. The molecule has 0 spiro atoms. The van der Waals surface area contributed by atoms with Crippen molar-refractivity contribution in [3.05, 3.63) is 30.1 Å². The van der Waals surface area contributed by atoms with Crippen LogP contribution in [0.2, 0.25) is 0 Å². The second-order valence-electron chi connectivity index (χ2n) is 5.93. The highest BCUT2D eigenvalue weighted by Crippen LogP contribution is 2.43. The van der Waals surface area contributed by atoms with Gasteiger partial charge in [0, 0.05) is 30.9 Å². The Hall–Kier alpha value is -0.930. The molecule has 3 heteroatoms. The van der Waals surface area contributed by atoms with E-state index >= 15 is 0 Å². The molecule has 1 aromatic heterocycles. The normalized spacial score (nSPS) is 18.1. The Morgan fingerprint density at radius 3 is 2.53 bits per heavy atom. The molecule has 1 aliphatic rings. The van der Waals surface area contributed by atoms with Gasteiger partial charge in [0.2, 0.25) is 0 Å². The number of nitrogens with two attached hydrogens (primary N) is 1. The van der Waals surface area contributed by atoms with Gasteiger partial charge in [-0.05, 0) is 42.5 Å². The average Bonchev–Trinajstić information content (AvgIpc) is 3.11. The number of nitrogens with zero attached hydrogens (tertiary/aromatic N) is 1. The Balaban J connectivity index is 1.85. The zero-order chi connectivity index (χ0) is 12.4. The minimum Gasteiger partial charge on any atom is -0.330 e. The Morgan fingerprint density at radius 1 is 1.35 bits per heavy atom. The molecule has 0 unspecified atom stereocenters. The standard InChI is InChI=1S/C14H23N3/c1-13(2,12-3-7-16-8-4-12)10-17-11-14(9-15)5-6-14/h3-4,7-8,17H,5-6,9-11,15H2,1-2H3. The highest BCUT2D eigenvalue weighted by atomic mass is 14.9. The van der Waals surface area contributed by atoms with E-state index in [-0.39, 0.29) is 5.41 Å². The zero-order valence-corrected chi connectivity index (χ0v) is 10.9. The van der Waals surface area contributed by atoms with E-state index in [9.17, 15) is 0 Å². The summed E-state index contributed by atoms with van der Waals surface area (Å²) < 4.78 is 0. The first kappa shape index (κ1) is 12.5. The Morgan fingerprint density at radius 2 is 2.00 bits per heavy atom. The molecule has 1 heterocycles. The van der Waals surface area contributed by atoms with Crippen molar-refractivity contribution in [2.24, 2.45) is 11.1 Å². The van der Waals surface area contributed by atoms with Gasteiger partial charge in [0.15, 0.2) is 0 Å². The van der Waals surface area contributed by atoms with E-state index in [2.05, 4.69) is 36.3 Å². The first-order chi connectivity index (χ1) is 8.08. The number of nitrogens with one attached hydrogen (secondary N) is 1. The van der Waals surface area contributed by atoms with Gasteiger partial charge in [0.1, 0.15) is 0 Å². The minimum atomic E-state index is 0.146. The molecular weight excluding hydrogens is 210 g/mol. The summed E-state index contributed by atoms with van der Waals surface area (Å²) >= 11 is 0. The van der Waals surface area contributed by atoms with E-state index in [1.54, 1.807) is 0 Å². The van der Waals surface area contributed by atoms with Gasteiger partial charge in [-0.3, -0.25) is 4.98 Å². The van der Waals surface area contributed by atoms with E-state index in [1.807, 2.05) is 12.4 Å². The molecule has 0 bridgehead atoms. The van der Waals surface area contributed by atoms with Crippen molar-refractivity contribution < 1.29 is 0 Å². The molecule has 2 rings (SSSR count). The fourth-order valence-corrected chi connectivity index (χ4v) is 2.18. The molecule has 0 atom stereocenters. The third kappa shape index (κ3) is 3.05. The van der Waals surface area contributed by atoms with Crippen molar-refractivity contribution in [2.45, 2.75) is 32.1 Å². The van der Waals surface area contributed by atoms with E-state index in [0.717, 1.165) is 19.6 Å². The van der Waals surface area contributed by atoms with Gasteiger partial charge in [-0.15, -0.1) is 0 Å². The van der Waals surface area contributed by atoms with Gasteiger partial charge >= 0.3 is 0 Å². The molecule has 3 N–H and O–H groups in total. The van der Waals surface area contributed by atoms with Crippen LogP contribution in [0.4, 0.5) is 0 Å². The maximum atomic E-state index is 5.78. The van der Waals surface area contributed by atoms with Crippen LogP contribution in [0.5, 0.6) is 0 Å². The van der Waals surface area contributed by atoms with Crippen LogP contribution >= 0.6 is 0 Å². The van der Waals surface area contributed by atoms with Crippen molar-refractivity contribution in [1.82, 2.24) is 10.3 Å². The fraction of sp³-hybridized carbons (Fsp3) is 0.643. The van der Waals surface area contributed by atoms with Crippen LogP contribution in [0.3, 0.4) is 0 Å². The third-order valence-corrected chi connectivity index (χ3v) is 3.92. The monoisotopic (exact) mass is 233 g/mol. The van der Waals surface area contributed by atoms with Crippen LogP contribution < -0.4 is 11.1 Å². The van der Waals surface area contributed by atoms with Crippen LogP contribution in [0.1, 0.15) is 32.3 Å². The van der Waals surface area contributed by atoms with E-state index < -0.39 is 0 Å². The molecule has 1 aromatic rings. The third-order valence-electron chi connectivity index (χ3n) is 3.92. The summed E-state index contributed by atoms with van der Waals surface area (Å²) in [6.07, 6.45) is 6.29. The SMILES string of the molecule is CC(C)(CNCC1(CN)CC1)c1ccncc1. The van der Waals surface area contributed by atoms with E-state index in [1.165, 1.54) is 18.4 Å². The van der Waals surface area contributed by atoms with Crippen molar-refractivity contribution in [3.8, 4) is 0 Å². The lowest BCUT2D eigenvalue weighted by Gasteiger charge is -2.27. The van der Waals surface area contributed by atoms with Gasteiger partial charge in [-0.2, -0.15) is 0 Å². The van der Waals surface area contributed by atoms with Gasteiger partial charge in [0.25, 0.3) is 0 Å². The molecule has 3 nitrogen and oxygen atoms in total. The number of hydrogen-bond donors (Lipinski definition) is 2. The minimum absolute atomic E-state index is 0.146. The number of aromatic nitrogens is 1. The van der Waals surface area contributed by atoms with Crippen LogP contribution in [-0.4, -0.2) is 24.6 Å². The first-order valence-corrected chi connectivity index (χ1v) is 6.39. The summed E-state index contributed by atoms with van der Waals surface area (Å²) in [6, 6.07) is 4.19. The molecule has 1 aliphatic carbocycles. The van der Waals surface area contributed by atoms with Crippen molar-refractivity contribution in [3.63, 3.8) is 0 Å². The lowest BCUT2D eigenvalue weighted by Crippen LogP contribution is -2.38. The maximum absolute atomic E-state index is 5.78. The maximum Gasteiger partial charge on any atom is 0.0270 e. The highest BCUT2D eigenvalue weighted by Gasteiger charge is 2.40. The quantitative estimate of drug-likeness (QED) is 0.786. The summed E-state index contributed by atoms with van der Waals surface area (Å²) in [5.74, 6) is 0. The summed E-state index contributed by atoms with van der Waals surface area (Å²) in [5.41, 5.74) is 7.67. The van der Waals surface area contributed by atoms with Crippen molar-refractivity contribution >= 4 is 0 Å². The lowest BCUT2D eigenvalue weighted by molar-refractivity contribution is 0.410. The summed E-state index contributed by atoms with van der Waals surface area (Å²) in [4.78, 5) is 4.06. The summed E-state index contributed by atoms with van der Waals surface area (Å²) in [7, 11) is 0. The van der Waals surface area contributed by atoms with E-state index in [4.69, 9.17) is 5.73 Å². The average molecular weight is 233 g/mol. The van der Waals surface area contributed by atoms with Crippen molar-refractivity contribution in [1.29, 1.82) is 0 Å². The molecule has 1 fully saturated rings. The lowest BCUT2D eigenvalue weighted by atomic mass is 9.85. The molecule has 0 saturated heterocycles. The summed E-state index contributed by atoms with van der Waals surface area (Å²) in [5, 5.41) is 3.58. The molecule has 0 radical (unpaired) electrons. The van der Waals surface area contributed by atoms with Crippen LogP contribution in [0.25, 0.3) is 0 Å². The number of pyridine rings is 1. The second kappa shape index (κ2) is 4.75. The van der Waals surface area contributed by atoms with Crippen LogP contribution in [0.15, 0.2) is 24.5 Å². The topological polar surface area (TPSA) is 50.9 Å². The smallest absolute Gasteiger partial charge is 0.0270 e. The zero-order valence-electron chi connectivity index (χ0n) is 10.9. The van der Waals surface area contributed by atoms with Gasteiger partial charge in [-0.1, -0.05) is 13.8 Å². The molecular formula is C14H23N3. The first-order valence-electron chi connectivity index (χ1n) is 6.39. The fourth-order valence-electron chi connectivity index (χ4n) is 2.18. The van der Waals surface area contributed by atoms with E-state index in [0.29, 0.717) is 5.41 Å². The van der Waals surface area contributed by atoms with Crippen molar-refractivity contribution in [2.75, 3.05) is 19.6 Å². The van der Waals surface area contributed by atoms with Crippen LogP contribution in [0, 0.1) is 5.41 Å². The molecule has 94 valence electrons. The predicted molar refractivity (Wildman–Crippen MR) is 70.9 cm³/mol. The Bertz CT molecular complexity index is 355. The van der Waals surface area contributed by atoms with Gasteiger partial charge < -0.3 is 11.1 Å². The predicted octanol–water partition coefficient (Wildman–Crippen LogP) is 1.69. The highest BCUT2D eigenvalue weighted by molar-refractivity contribution is 5.21. The van der Waals surface area contributed by atoms with Gasteiger partial charge in [0.05, 0.1) is 0 Å². The van der Waals surface area contributed by atoms with Crippen LogP contribution in [-0.2, 0) is 5.41 Å². The number of hydrogen-bond acceptors (Lipinski definition) is 3. The molecule has 17 heavy (non-hydrogen) atoms. The Kier molecular flexibility index (Phi) is 3.50.